The van der Waals surface area contributed by atoms with Crippen molar-refractivity contribution in [2.75, 3.05) is 26.2 Å². The molecule has 0 spiro atoms. The maximum atomic E-state index is 12.4. The molecule has 5 nitrogen and oxygen atoms in total. The molecule has 24 heavy (non-hydrogen) atoms. The first kappa shape index (κ1) is 16.9. The standard InChI is InChI=1S/C17H16Cl2N2O3/c18-13-4-3-12(10-14(13)19)11-16(22)20-5-7-21(8-6-20)17(23)15-2-1-9-24-15/h1-4,9-10H,5-8,11H2. The minimum absolute atomic E-state index is 0.0125. The lowest BCUT2D eigenvalue weighted by atomic mass is 10.1. The predicted octanol–water partition coefficient (Wildman–Crippen LogP) is 3.11. The molecular weight excluding hydrogens is 351 g/mol. The first-order valence-corrected chi connectivity index (χ1v) is 8.34. The number of hydrogen-bond acceptors (Lipinski definition) is 3. The number of carbonyl (C=O) groups is 2. The zero-order valence-corrected chi connectivity index (χ0v) is 14.4. The van der Waals surface area contributed by atoms with Crippen LogP contribution in [-0.4, -0.2) is 47.8 Å². The van der Waals surface area contributed by atoms with E-state index in [1.807, 2.05) is 0 Å². The summed E-state index contributed by atoms with van der Waals surface area (Å²) in [6.45, 7) is 2.00. The van der Waals surface area contributed by atoms with Crippen molar-refractivity contribution in [3.8, 4) is 0 Å². The summed E-state index contributed by atoms with van der Waals surface area (Å²) in [7, 11) is 0. The third-order valence-corrected chi connectivity index (χ3v) is 4.73. The number of amides is 2. The highest BCUT2D eigenvalue weighted by Crippen LogP contribution is 2.23. The molecule has 1 aromatic heterocycles. The van der Waals surface area contributed by atoms with E-state index in [-0.39, 0.29) is 18.2 Å². The molecule has 1 aliphatic rings. The number of nitrogens with zero attached hydrogens (tertiary/aromatic N) is 2. The van der Waals surface area contributed by atoms with Crippen molar-refractivity contribution >= 4 is 35.0 Å². The van der Waals surface area contributed by atoms with E-state index < -0.39 is 0 Å². The Bertz CT molecular complexity index is 738. The van der Waals surface area contributed by atoms with E-state index in [4.69, 9.17) is 27.6 Å². The highest BCUT2D eigenvalue weighted by molar-refractivity contribution is 6.42. The van der Waals surface area contributed by atoms with Gasteiger partial charge in [0.25, 0.3) is 5.91 Å². The van der Waals surface area contributed by atoms with Crippen molar-refractivity contribution in [3.63, 3.8) is 0 Å². The average molecular weight is 367 g/mol. The Morgan fingerprint density at radius 3 is 2.33 bits per heavy atom. The van der Waals surface area contributed by atoms with E-state index in [1.54, 1.807) is 40.1 Å². The molecule has 0 unspecified atom stereocenters. The Hall–Kier alpha value is -1.98. The third-order valence-electron chi connectivity index (χ3n) is 3.99. The lowest BCUT2D eigenvalue weighted by molar-refractivity contribution is -0.131. The van der Waals surface area contributed by atoms with Crippen molar-refractivity contribution in [1.82, 2.24) is 9.80 Å². The van der Waals surface area contributed by atoms with Gasteiger partial charge in [0.2, 0.25) is 5.91 Å². The number of piperazine rings is 1. The van der Waals surface area contributed by atoms with Gasteiger partial charge in [-0.1, -0.05) is 29.3 Å². The summed E-state index contributed by atoms with van der Waals surface area (Å²) in [5.41, 5.74) is 0.823. The number of halogens is 2. The van der Waals surface area contributed by atoms with Gasteiger partial charge in [0.05, 0.1) is 22.7 Å². The van der Waals surface area contributed by atoms with Crippen molar-refractivity contribution in [2.45, 2.75) is 6.42 Å². The molecule has 3 rings (SSSR count). The molecule has 0 radical (unpaired) electrons. The molecule has 2 heterocycles. The Balaban J connectivity index is 1.55. The zero-order chi connectivity index (χ0) is 17.1. The van der Waals surface area contributed by atoms with E-state index in [9.17, 15) is 9.59 Å². The second-order valence-electron chi connectivity index (χ2n) is 5.58. The van der Waals surface area contributed by atoms with Crippen LogP contribution < -0.4 is 0 Å². The van der Waals surface area contributed by atoms with Crippen LogP contribution in [0.4, 0.5) is 0 Å². The van der Waals surface area contributed by atoms with Crippen LogP contribution in [0.2, 0.25) is 10.0 Å². The van der Waals surface area contributed by atoms with E-state index >= 15 is 0 Å². The van der Waals surface area contributed by atoms with Gasteiger partial charge in [-0.3, -0.25) is 9.59 Å². The van der Waals surface area contributed by atoms with Crippen LogP contribution in [0, 0.1) is 0 Å². The fraction of sp³-hybridized carbons (Fsp3) is 0.294. The fourth-order valence-corrected chi connectivity index (χ4v) is 2.97. The van der Waals surface area contributed by atoms with E-state index in [0.29, 0.717) is 42.0 Å². The SMILES string of the molecule is O=C(Cc1ccc(Cl)c(Cl)c1)N1CCN(C(=O)c2ccco2)CC1. The van der Waals surface area contributed by atoms with Crippen molar-refractivity contribution in [2.24, 2.45) is 0 Å². The largest absolute Gasteiger partial charge is 0.459 e. The van der Waals surface area contributed by atoms with Crippen LogP contribution >= 0.6 is 23.2 Å². The first-order valence-electron chi connectivity index (χ1n) is 7.59. The molecule has 1 aromatic carbocycles. The molecule has 1 fully saturated rings. The van der Waals surface area contributed by atoms with E-state index in [1.165, 1.54) is 6.26 Å². The molecule has 0 saturated carbocycles. The summed E-state index contributed by atoms with van der Waals surface area (Å²) >= 11 is 11.9. The second-order valence-corrected chi connectivity index (χ2v) is 6.39. The number of benzene rings is 1. The minimum atomic E-state index is -0.142. The quantitative estimate of drug-likeness (QED) is 0.838. The smallest absolute Gasteiger partial charge is 0.289 e. The molecule has 2 amide bonds. The summed E-state index contributed by atoms with van der Waals surface area (Å²) in [6.07, 6.45) is 1.74. The predicted molar refractivity (Wildman–Crippen MR) is 91.4 cm³/mol. The zero-order valence-electron chi connectivity index (χ0n) is 12.9. The summed E-state index contributed by atoms with van der Waals surface area (Å²) in [5.74, 6) is 0.195. The summed E-state index contributed by atoms with van der Waals surface area (Å²) in [4.78, 5) is 28.1. The van der Waals surface area contributed by atoms with Crippen molar-refractivity contribution in [1.29, 1.82) is 0 Å². The van der Waals surface area contributed by atoms with Gasteiger partial charge >= 0.3 is 0 Å². The number of carbonyl (C=O) groups excluding carboxylic acids is 2. The lowest BCUT2D eigenvalue weighted by Crippen LogP contribution is -2.50. The molecule has 1 saturated heterocycles. The molecule has 0 atom stereocenters. The number of rotatable bonds is 3. The summed E-state index contributed by atoms with van der Waals surface area (Å²) in [6, 6.07) is 8.52. The van der Waals surface area contributed by atoms with Crippen LogP contribution in [-0.2, 0) is 11.2 Å². The van der Waals surface area contributed by atoms with Crippen LogP contribution in [0.3, 0.4) is 0 Å². The van der Waals surface area contributed by atoms with Gasteiger partial charge in [0.15, 0.2) is 5.76 Å². The Morgan fingerprint density at radius 1 is 1.00 bits per heavy atom. The van der Waals surface area contributed by atoms with Gasteiger partial charge in [0, 0.05) is 26.2 Å². The van der Waals surface area contributed by atoms with Gasteiger partial charge < -0.3 is 14.2 Å². The number of furan rings is 1. The van der Waals surface area contributed by atoms with Gasteiger partial charge in [-0.25, -0.2) is 0 Å². The monoisotopic (exact) mass is 366 g/mol. The second kappa shape index (κ2) is 7.28. The molecule has 2 aromatic rings. The minimum Gasteiger partial charge on any atom is -0.459 e. The highest BCUT2D eigenvalue weighted by Gasteiger charge is 2.26. The maximum Gasteiger partial charge on any atom is 0.289 e. The average Bonchev–Trinajstić information content (AvgIpc) is 3.12. The van der Waals surface area contributed by atoms with E-state index in [0.717, 1.165) is 5.56 Å². The van der Waals surface area contributed by atoms with Gasteiger partial charge in [0.1, 0.15) is 0 Å². The third kappa shape index (κ3) is 3.74. The normalized spacial score (nSPS) is 14.8. The van der Waals surface area contributed by atoms with Crippen LogP contribution in [0.5, 0.6) is 0 Å². The molecule has 126 valence electrons. The van der Waals surface area contributed by atoms with E-state index in [2.05, 4.69) is 0 Å². The topological polar surface area (TPSA) is 53.8 Å². The Kier molecular flexibility index (Phi) is 5.11. The Labute approximate surface area is 149 Å². The maximum absolute atomic E-state index is 12.4. The molecular formula is C17H16Cl2N2O3. The van der Waals surface area contributed by atoms with Gasteiger partial charge in [-0.2, -0.15) is 0 Å². The highest BCUT2D eigenvalue weighted by atomic mass is 35.5. The lowest BCUT2D eigenvalue weighted by Gasteiger charge is -2.34. The Morgan fingerprint density at radius 2 is 1.71 bits per heavy atom. The molecule has 0 bridgehead atoms. The molecule has 0 N–H and O–H groups in total. The molecule has 7 heteroatoms. The number of hydrogen-bond donors (Lipinski definition) is 0. The van der Waals surface area contributed by atoms with Crippen molar-refractivity contribution < 1.29 is 14.0 Å². The van der Waals surface area contributed by atoms with Crippen LogP contribution in [0.1, 0.15) is 16.1 Å². The van der Waals surface area contributed by atoms with Gasteiger partial charge in [-0.05, 0) is 29.8 Å². The van der Waals surface area contributed by atoms with Gasteiger partial charge in [-0.15, -0.1) is 0 Å². The van der Waals surface area contributed by atoms with Crippen molar-refractivity contribution in [3.05, 3.63) is 58.0 Å². The summed E-state index contributed by atoms with van der Waals surface area (Å²) in [5, 5.41) is 0.911. The van der Waals surface area contributed by atoms with Crippen LogP contribution in [0.15, 0.2) is 41.0 Å². The molecule has 1 aliphatic heterocycles. The summed E-state index contributed by atoms with van der Waals surface area (Å²) < 4.78 is 5.13. The first-order chi connectivity index (χ1) is 11.5. The van der Waals surface area contributed by atoms with Crippen LogP contribution in [0.25, 0.3) is 0 Å². The fourth-order valence-electron chi connectivity index (χ4n) is 2.65. The molecule has 0 aliphatic carbocycles.